The van der Waals surface area contributed by atoms with E-state index < -0.39 is 6.36 Å². The lowest BCUT2D eigenvalue weighted by molar-refractivity contribution is -0.274. The number of ether oxygens (including phenoxy) is 2. The number of hydrogen-bond acceptors (Lipinski definition) is 5. The van der Waals surface area contributed by atoms with Crippen molar-refractivity contribution in [1.82, 2.24) is 14.8 Å². The Morgan fingerprint density at radius 1 is 1.07 bits per heavy atom. The van der Waals surface area contributed by atoms with Crippen LogP contribution in [0.2, 0.25) is 0 Å². The molecule has 0 spiro atoms. The zero-order valence-electron chi connectivity index (χ0n) is 14.1. The number of aromatic nitrogens is 3. The number of methoxy groups -OCH3 is 1. The van der Waals surface area contributed by atoms with Gasteiger partial charge in [0.1, 0.15) is 17.8 Å². The van der Waals surface area contributed by atoms with Crippen LogP contribution in [-0.2, 0) is 0 Å². The van der Waals surface area contributed by atoms with Gasteiger partial charge >= 0.3 is 6.36 Å². The zero-order valence-corrected chi connectivity index (χ0v) is 14.1. The molecule has 1 heterocycles. The summed E-state index contributed by atoms with van der Waals surface area (Å²) < 4.78 is 47.0. The molecule has 27 heavy (non-hydrogen) atoms. The Labute approximate surface area is 152 Å². The van der Waals surface area contributed by atoms with Gasteiger partial charge in [0, 0.05) is 0 Å². The molecule has 0 fully saturated rings. The quantitative estimate of drug-likeness (QED) is 0.683. The molecular weight excluding hydrogens is 361 g/mol. The minimum atomic E-state index is -4.72. The van der Waals surface area contributed by atoms with Crippen molar-refractivity contribution in [3.05, 3.63) is 60.2 Å². The Kier molecular flexibility index (Phi) is 5.02. The maximum Gasteiger partial charge on any atom is 0.573 e. The summed E-state index contributed by atoms with van der Waals surface area (Å²) in [4.78, 5) is 4.15. The maximum absolute atomic E-state index is 12.2. The van der Waals surface area contributed by atoms with E-state index in [9.17, 15) is 13.2 Å². The minimum absolute atomic E-state index is 0.302. The highest BCUT2D eigenvalue weighted by molar-refractivity contribution is 5.69. The third-order valence-electron chi connectivity index (χ3n) is 3.53. The van der Waals surface area contributed by atoms with Crippen LogP contribution in [0.4, 0.5) is 18.9 Å². The molecule has 0 aliphatic rings. The zero-order chi connectivity index (χ0) is 19.4. The SMILES string of the molecule is COc1cc(/C=C/c2ncn(-c3ccc(OC(F)(F)F)cc3)n2)ccc1N. The van der Waals surface area contributed by atoms with Crippen molar-refractivity contribution < 1.29 is 22.6 Å². The molecule has 0 radical (unpaired) electrons. The van der Waals surface area contributed by atoms with Gasteiger partial charge < -0.3 is 15.2 Å². The molecule has 0 aliphatic carbocycles. The Bertz CT molecular complexity index is 950. The van der Waals surface area contributed by atoms with Crippen molar-refractivity contribution in [2.75, 3.05) is 12.8 Å². The minimum Gasteiger partial charge on any atom is -0.495 e. The van der Waals surface area contributed by atoms with Gasteiger partial charge in [-0.1, -0.05) is 12.1 Å². The van der Waals surface area contributed by atoms with Gasteiger partial charge in [-0.3, -0.25) is 0 Å². The number of hydrogen-bond donors (Lipinski definition) is 1. The Morgan fingerprint density at radius 3 is 2.48 bits per heavy atom. The summed E-state index contributed by atoms with van der Waals surface area (Å²) >= 11 is 0. The van der Waals surface area contributed by atoms with Gasteiger partial charge in [0.25, 0.3) is 0 Å². The highest BCUT2D eigenvalue weighted by Crippen LogP contribution is 2.24. The highest BCUT2D eigenvalue weighted by Gasteiger charge is 2.30. The molecule has 6 nitrogen and oxygen atoms in total. The van der Waals surface area contributed by atoms with Gasteiger partial charge in [-0.05, 0) is 48.0 Å². The topological polar surface area (TPSA) is 75.2 Å². The van der Waals surface area contributed by atoms with Crippen molar-refractivity contribution in [3.63, 3.8) is 0 Å². The number of anilines is 1. The lowest BCUT2D eigenvalue weighted by Crippen LogP contribution is -2.17. The molecule has 1 aromatic heterocycles. The van der Waals surface area contributed by atoms with Gasteiger partial charge in [-0.25, -0.2) is 9.67 Å². The first-order chi connectivity index (χ1) is 12.8. The van der Waals surface area contributed by atoms with Gasteiger partial charge in [-0.2, -0.15) is 0 Å². The molecule has 0 aliphatic heterocycles. The molecule has 2 N–H and O–H groups in total. The summed E-state index contributed by atoms with van der Waals surface area (Å²) in [5.74, 6) is 0.696. The number of benzene rings is 2. The average molecular weight is 376 g/mol. The third kappa shape index (κ3) is 4.78. The second-order valence-corrected chi connectivity index (χ2v) is 5.42. The summed E-state index contributed by atoms with van der Waals surface area (Å²) in [5, 5.41) is 4.26. The summed E-state index contributed by atoms with van der Waals surface area (Å²) in [5.41, 5.74) is 7.71. The third-order valence-corrected chi connectivity index (χ3v) is 3.53. The van der Waals surface area contributed by atoms with Gasteiger partial charge in [-0.15, -0.1) is 18.3 Å². The number of rotatable bonds is 5. The molecule has 3 aromatic rings. The first-order valence-electron chi connectivity index (χ1n) is 7.73. The molecule has 3 rings (SSSR count). The van der Waals surface area contributed by atoms with Gasteiger partial charge in [0.2, 0.25) is 0 Å². The van der Waals surface area contributed by atoms with Crippen LogP contribution >= 0.6 is 0 Å². The largest absolute Gasteiger partial charge is 0.573 e. The number of nitrogens with zero attached hydrogens (tertiary/aromatic N) is 3. The summed E-state index contributed by atoms with van der Waals surface area (Å²) in [7, 11) is 1.54. The molecule has 0 unspecified atom stereocenters. The molecule has 0 atom stereocenters. The second-order valence-electron chi connectivity index (χ2n) is 5.42. The fourth-order valence-corrected chi connectivity index (χ4v) is 2.28. The van der Waals surface area contributed by atoms with E-state index in [4.69, 9.17) is 10.5 Å². The Hall–Kier alpha value is -3.49. The van der Waals surface area contributed by atoms with E-state index in [1.807, 2.05) is 6.07 Å². The molecule has 2 aromatic carbocycles. The van der Waals surface area contributed by atoms with Crippen molar-refractivity contribution in [2.45, 2.75) is 6.36 Å². The lowest BCUT2D eigenvalue weighted by Gasteiger charge is -2.09. The average Bonchev–Trinajstić information content (AvgIpc) is 3.09. The molecule has 0 bridgehead atoms. The first-order valence-corrected chi connectivity index (χ1v) is 7.73. The van der Waals surface area contributed by atoms with E-state index in [1.54, 1.807) is 24.3 Å². The molecule has 0 saturated carbocycles. The smallest absolute Gasteiger partial charge is 0.495 e. The molecular formula is C18H15F3N4O2. The van der Waals surface area contributed by atoms with Crippen LogP contribution in [0, 0.1) is 0 Å². The van der Waals surface area contributed by atoms with Crippen LogP contribution in [0.25, 0.3) is 17.8 Å². The summed E-state index contributed by atoms with van der Waals surface area (Å²) in [6.45, 7) is 0. The van der Waals surface area contributed by atoms with E-state index in [-0.39, 0.29) is 5.75 Å². The van der Waals surface area contributed by atoms with E-state index in [2.05, 4.69) is 14.8 Å². The molecule has 140 valence electrons. The predicted octanol–water partition coefficient (Wildman–Crippen LogP) is 3.93. The number of alkyl halides is 3. The number of halogens is 3. The van der Waals surface area contributed by atoms with E-state index in [1.165, 1.54) is 42.4 Å². The predicted molar refractivity (Wildman–Crippen MR) is 94.4 cm³/mol. The number of nitrogens with two attached hydrogens (primary N) is 1. The second kappa shape index (κ2) is 7.40. The van der Waals surface area contributed by atoms with Crippen LogP contribution in [-0.4, -0.2) is 28.2 Å². The molecule has 0 amide bonds. The highest BCUT2D eigenvalue weighted by atomic mass is 19.4. The summed E-state index contributed by atoms with van der Waals surface area (Å²) in [6.07, 6.45) is 0.227. The van der Waals surface area contributed by atoms with E-state index >= 15 is 0 Å². The fourth-order valence-electron chi connectivity index (χ4n) is 2.28. The standard InChI is InChI=1S/C18H15F3N4O2/c1-26-16-10-12(2-8-15(16)22)3-9-17-23-11-25(24-17)13-4-6-14(7-5-13)27-18(19,20)21/h2-11H,22H2,1H3/b9-3+. The van der Waals surface area contributed by atoms with Crippen molar-refractivity contribution in [2.24, 2.45) is 0 Å². The van der Waals surface area contributed by atoms with Crippen LogP contribution in [0.5, 0.6) is 11.5 Å². The molecule has 9 heteroatoms. The van der Waals surface area contributed by atoms with Crippen LogP contribution < -0.4 is 15.2 Å². The lowest BCUT2D eigenvalue weighted by atomic mass is 10.2. The monoisotopic (exact) mass is 376 g/mol. The normalized spacial score (nSPS) is 11.7. The Balaban J connectivity index is 1.73. The van der Waals surface area contributed by atoms with Crippen molar-refractivity contribution in [1.29, 1.82) is 0 Å². The van der Waals surface area contributed by atoms with Crippen molar-refractivity contribution in [3.8, 4) is 17.2 Å². The van der Waals surface area contributed by atoms with Crippen LogP contribution in [0.1, 0.15) is 11.4 Å². The fraction of sp³-hybridized carbons (Fsp3) is 0.111. The first kappa shape index (κ1) is 18.3. The number of nitrogen functional groups attached to an aromatic ring is 1. The van der Waals surface area contributed by atoms with E-state index in [0.717, 1.165) is 5.56 Å². The summed E-state index contributed by atoms with van der Waals surface area (Å²) in [6, 6.07) is 10.7. The van der Waals surface area contributed by atoms with Gasteiger partial charge in [0.05, 0.1) is 18.5 Å². The van der Waals surface area contributed by atoms with E-state index in [0.29, 0.717) is 22.9 Å². The Morgan fingerprint density at radius 2 is 1.81 bits per heavy atom. The maximum atomic E-state index is 12.2. The molecule has 0 saturated heterocycles. The van der Waals surface area contributed by atoms with Crippen molar-refractivity contribution >= 4 is 17.8 Å². The van der Waals surface area contributed by atoms with Crippen LogP contribution in [0.3, 0.4) is 0 Å². The van der Waals surface area contributed by atoms with Gasteiger partial charge in [0.15, 0.2) is 5.82 Å². The van der Waals surface area contributed by atoms with Crippen LogP contribution in [0.15, 0.2) is 48.8 Å².